The molecular formula is C20H31N5O3. The van der Waals surface area contributed by atoms with Gasteiger partial charge in [0.2, 0.25) is 5.91 Å². The first kappa shape index (κ1) is 20.4. The Labute approximate surface area is 166 Å². The van der Waals surface area contributed by atoms with E-state index in [4.69, 9.17) is 10.6 Å². The van der Waals surface area contributed by atoms with Crippen molar-refractivity contribution in [2.75, 3.05) is 36.1 Å². The molecule has 0 bridgehead atoms. The molecule has 0 spiro atoms. The fourth-order valence-electron chi connectivity index (χ4n) is 3.71. The smallest absolute Gasteiger partial charge is 0.429 e. The number of nitrogens with zero attached hydrogens (tertiary/aromatic N) is 4. The summed E-state index contributed by atoms with van der Waals surface area (Å²) in [5, 5.41) is 0.956. The molecule has 2 saturated heterocycles. The first-order valence-corrected chi connectivity index (χ1v) is 10.0. The van der Waals surface area contributed by atoms with Crippen molar-refractivity contribution in [3.05, 3.63) is 18.3 Å². The van der Waals surface area contributed by atoms with Crippen LogP contribution in [0.25, 0.3) is 0 Å². The van der Waals surface area contributed by atoms with Gasteiger partial charge in [0.05, 0.1) is 17.8 Å². The Morgan fingerprint density at radius 3 is 2.50 bits per heavy atom. The number of amides is 2. The molecule has 0 radical (unpaired) electrons. The van der Waals surface area contributed by atoms with E-state index in [1.165, 1.54) is 0 Å². The standard InChI is InChI=1S/C20H31N5O3/c1-20(2,3)28-19(27)25(21)16-8-9-17(22-13-16)24-12-6-7-15(14-24)18(26)23-10-4-5-11-23/h8-9,13,15H,4-7,10-12,14,21H2,1-3H3. The Bertz CT molecular complexity index is 695. The minimum absolute atomic E-state index is 0.0288. The molecule has 2 fully saturated rings. The molecule has 3 rings (SSSR count). The summed E-state index contributed by atoms with van der Waals surface area (Å²) < 4.78 is 5.27. The number of hydrogen-bond acceptors (Lipinski definition) is 6. The molecule has 0 aromatic carbocycles. The molecule has 0 aliphatic carbocycles. The molecule has 1 aromatic rings. The maximum Gasteiger partial charge on any atom is 0.429 e. The summed E-state index contributed by atoms with van der Waals surface area (Å²) >= 11 is 0. The van der Waals surface area contributed by atoms with Gasteiger partial charge in [-0.3, -0.25) is 4.79 Å². The van der Waals surface area contributed by atoms with E-state index >= 15 is 0 Å². The molecule has 2 amide bonds. The number of ether oxygens (including phenoxy) is 1. The molecule has 3 heterocycles. The van der Waals surface area contributed by atoms with Crippen LogP contribution in [-0.2, 0) is 9.53 Å². The van der Waals surface area contributed by atoms with E-state index in [-0.39, 0.29) is 11.8 Å². The summed E-state index contributed by atoms with van der Waals surface area (Å²) in [5.74, 6) is 6.96. The third kappa shape index (κ3) is 4.92. The average molecular weight is 390 g/mol. The number of aromatic nitrogens is 1. The highest BCUT2D eigenvalue weighted by atomic mass is 16.6. The van der Waals surface area contributed by atoms with Gasteiger partial charge in [0, 0.05) is 26.2 Å². The molecule has 0 saturated carbocycles. The fourth-order valence-corrected chi connectivity index (χ4v) is 3.71. The van der Waals surface area contributed by atoms with Gasteiger partial charge in [0.25, 0.3) is 0 Å². The second-order valence-corrected chi connectivity index (χ2v) is 8.54. The summed E-state index contributed by atoms with van der Waals surface area (Å²) in [5.41, 5.74) is -0.160. The number of anilines is 2. The number of hydrogen-bond donors (Lipinski definition) is 1. The third-order valence-electron chi connectivity index (χ3n) is 5.11. The number of piperidine rings is 1. The van der Waals surface area contributed by atoms with Crippen LogP contribution >= 0.6 is 0 Å². The van der Waals surface area contributed by atoms with E-state index in [0.717, 1.165) is 56.1 Å². The normalized spacial score (nSPS) is 20.2. The fraction of sp³-hybridized carbons (Fsp3) is 0.650. The molecule has 8 nitrogen and oxygen atoms in total. The molecular weight excluding hydrogens is 358 g/mol. The Balaban J connectivity index is 1.62. The third-order valence-corrected chi connectivity index (χ3v) is 5.11. The van der Waals surface area contributed by atoms with Crippen LogP contribution in [0.5, 0.6) is 0 Å². The highest BCUT2D eigenvalue weighted by molar-refractivity contribution is 5.86. The van der Waals surface area contributed by atoms with Crippen LogP contribution in [0.15, 0.2) is 18.3 Å². The lowest BCUT2D eigenvalue weighted by Crippen LogP contribution is -2.44. The number of rotatable bonds is 3. The van der Waals surface area contributed by atoms with E-state index in [1.807, 2.05) is 11.0 Å². The van der Waals surface area contributed by atoms with Gasteiger partial charge in [0.1, 0.15) is 11.4 Å². The number of likely N-dealkylation sites (tertiary alicyclic amines) is 1. The highest BCUT2D eigenvalue weighted by Crippen LogP contribution is 2.25. The van der Waals surface area contributed by atoms with Crippen molar-refractivity contribution >= 4 is 23.5 Å². The van der Waals surface area contributed by atoms with E-state index in [1.54, 1.807) is 33.0 Å². The van der Waals surface area contributed by atoms with Crippen molar-refractivity contribution in [2.24, 2.45) is 11.8 Å². The molecule has 28 heavy (non-hydrogen) atoms. The number of carbonyl (C=O) groups is 2. The predicted molar refractivity (Wildman–Crippen MR) is 108 cm³/mol. The lowest BCUT2D eigenvalue weighted by atomic mass is 9.96. The number of pyridine rings is 1. The minimum Gasteiger partial charge on any atom is -0.442 e. The second-order valence-electron chi connectivity index (χ2n) is 8.54. The Kier molecular flexibility index (Phi) is 6.07. The van der Waals surface area contributed by atoms with Gasteiger partial charge in [-0.1, -0.05) is 0 Å². The minimum atomic E-state index is -0.628. The maximum absolute atomic E-state index is 12.7. The van der Waals surface area contributed by atoms with Gasteiger partial charge in [-0.2, -0.15) is 0 Å². The number of hydrazine groups is 1. The molecule has 8 heteroatoms. The van der Waals surface area contributed by atoms with Crippen LogP contribution in [0.3, 0.4) is 0 Å². The van der Waals surface area contributed by atoms with Gasteiger partial charge >= 0.3 is 6.09 Å². The zero-order valence-corrected chi connectivity index (χ0v) is 17.1. The molecule has 2 N–H and O–H groups in total. The van der Waals surface area contributed by atoms with Gasteiger partial charge in [-0.25, -0.2) is 20.6 Å². The summed E-state index contributed by atoms with van der Waals surface area (Å²) in [6, 6.07) is 3.58. The number of nitrogens with two attached hydrogens (primary N) is 1. The lowest BCUT2D eigenvalue weighted by Gasteiger charge is -2.34. The van der Waals surface area contributed by atoms with Crippen LogP contribution in [-0.4, -0.2) is 53.7 Å². The maximum atomic E-state index is 12.7. The van der Waals surface area contributed by atoms with Crippen molar-refractivity contribution in [1.82, 2.24) is 9.88 Å². The Morgan fingerprint density at radius 2 is 1.89 bits per heavy atom. The zero-order valence-electron chi connectivity index (χ0n) is 17.1. The van der Waals surface area contributed by atoms with Crippen molar-refractivity contribution in [3.63, 3.8) is 0 Å². The van der Waals surface area contributed by atoms with Gasteiger partial charge < -0.3 is 14.5 Å². The second kappa shape index (κ2) is 8.34. The van der Waals surface area contributed by atoms with Crippen LogP contribution < -0.4 is 15.8 Å². The first-order valence-electron chi connectivity index (χ1n) is 10.0. The van der Waals surface area contributed by atoms with Gasteiger partial charge in [0.15, 0.2) is 0 Å². The van der Waals surface area contributed by atoms with Crippen LogP contribution in [0.2, 0.25) is 0 Å². The number of carbonyl (C=O) groups excluding carboxylic acids is 2. The molecule has 2 aliphatic rings. The van der Waals surface area contributed by atoms with E-state index < -0.39 is 11.7 Å². The van der Waals surface area contributed by atoms with Crippen LogP contribution in [0.1, 0.15) is 46.5 Å². The first-order chi connectivity index (χ1) is 13.2. The Morgan fingerprint density at radius 1 is 1.18 bits per heavy atom. The van der Waals surface area contributed by atoms with Crippen molar-refractivity contribution < 1.29 is 14.3 Å². The molecule has 1 unspecified atom stereocenters. The lowest BCUT2D eigenvalue weighted by molar-refractivity contribution is -0.134. The van der Waals surface area contributed by atoms with Crippen molar-refractivity contribution in [2.45, 2.75) is 52.1 Å². The average Bonchev–Trinajstić information content (AvgIpc) is 3.20. The summed E-state index contributed by atoms with van der Waals surface area (Å²) in [7, 11) is 0. The molecule has 1 atom stereocenters. The Hall–Kier alpha value is -2.35. The van der Waals surface area contributed by atoms with E-state index in [9.17, 15) is 9.59 Å². The topological polar surface area (TPSA) is 92.0 Å². The van der Waals surface area contributed by atoms with Crippen molar-refractivity contribution in [1.29, 1.82) is 0 Å². The summed E-state index contributed by atoms with van der Waals surface area (Å²) in [6.07, 6.45) is 5.05. The van der Waals surface area contributed by atoms with E-state index in [0.29, 0.717) is 12.2 Å². The predicted octanol–water partition coefficient (Wildman–Crippen LogP) is 2.54. The van der Waals surface area contributed by atoms with Crippen LogP contribution in [0, 0.1) is 5.92 Å². The molecule has 154 valence electrons. The monoisotopic (exact) mass is 389 g/mol. The van der Waals surface area contributed by atoms with Gasteiger partial charge in [-0.15, -0.1) is 0 Å². The van der Waals surface area contributed by atoms with E-state index in [2.05, 4.69) is 9.88 Å². The van der Waals surface area contributed by atoms with Crippen molar-refractivity contribution in [3.8, 4) is 0 Å². The highest BCUT2D eigenvalue weighted by Gasteiger charge is 2.31. The SMILES string of the molecule is CC(C)(C)OC(=O)N(N)c1ccc(N2CCCC(C(=O)N3CCCC3)C2)nc1. The largest absolute Gasteiger partial charge is 0.442 e. The zero-order chi connectivity index (χ0) is 20.3. The quantitative estimate of drug-likeness (QED) is 0.485. The molecule has 1 aromatic heterocycles. The van der Waals surface area contributed by atoms with Gasteiger partial charge in [-0.05, 0) is 58.6 Å². The summed E-state index contributed by atoms with van der Waals surface area (Å²) in [4.78, 5) is 33.4. The molecule has 2 aliphatic heterocycles. The van der Waals surface area contributed by atoms with Crippen LogP contribution in [0.4, 0.5) is 16.3 Å². The summed E-state index contributed by atoms with van der Waals surface area (Å²) in [6.45, 7) is 8.69.